The quantitative estimate of drug-likeness (QED) is 0.661. The topological polar surface area (TPSA) is 51.0 Å². The highest BCUT2D eigenvalue weighted by Gasteiger charge is 2.12. The van der Waals surface area contributed by atoms with Crippen molar-refractivity contribution < 1.29 is 4.54 Å². The summed E-state index contributed by atoms with van der Waals surface area (Å²) in [6.07, 6.45) is 0. The summed E-state index contributed by atoms with van der Waals surface area (Å²) in [6.45, 7) is 1.59. The minimum absolute atomic E-state index is 0.336. The van der Waals surface area contributed by atoms with E-state index in [0.717, 1.165) is 5.56 Å². The average Bonchev–Trinajstić information content (AvgIpc) is 2.27. The summed E-state index contributed by atoms with van der Waals surface area (Å²) < 4.78 is 0.352. The second-order valence-electron chi connectivity index (χ2n) is 3.27. The first-order valence-electron chi connectivity index (χ1n) is 4.58. The Bertz CT molecular complexity index is 532. The molecule has 0 atom stereocenters. The molecule has 76 valence electrons. The van der Waals surface area contributed by atoms with Crippen molar-refractivity contribution in [3.8, 4) is 11.3 Å². The minimum Gasteiger partial charge on any atom is -0.755 e. The molecule has 0 saturated heterocycles. The molecule has 1 heterocycles. The lowest BCUT2D eigenvalue weighted by atomic mass is 10.1. The van der Waals surface area contributed by atoms with Gasteiger partial charge >= 0.3 is 0 Å². The Kier molecular flexibility index (Phi) is 2.25. The lowest BCUT2D eigenvalue weighted by Gasteiger charge is -2.04. The van der Waals surface area contributed by atoms with Crippen LogP contribution >= 0.6 is 0 Å². The summed E-state index contributed by atoms with van der Waals surface area (Å²) >= 11 is 0. The van der Waals surface area contributed by atoms with E-state index in [1.165, 1.54) is 0 Å². The van der Waals surface area contributed by atoms with Gasteiger partial charge in [0.2, 0.25) is 0 Å². The molecule has 2 aromatic rings. The predicted octanol–water partition coefficient (Wildman–Crippen LogP) is 1.72. The maximum absolute atomic E-state index is 11.6. The van der Waals surface area contributed by atoms with Gasteiger partial charge in [-0.3, -0.25) is 0 Å². The maximum atomic E-state index is 11.6. The third-order valence-corrected chi connectivity index (χ3v) is 2.22. The Morgan fingerprint density at radius 3 is 2.47 bits per heavy atom. The molecule has 0 aliphatic heterocycles. The summed E-state index contributed by atoms with van der Waals surface area (Å²) in [7, 11) is 0. The van der Waals surface area contributed by atoms with Crippen LogP contribution in [0.1, 0.15) is 5.69 Å². The third kappa shape index (κ3) is 1.61. The van der Waals surface area contributed by atoms with E-state index in [9.17, 15) is 10.1 Å². The number of aryl methyl sites for hydroxylation is 1. The van der Waals surface area contributed by atoms with Crippen molar-refractivity contribution in [2.45, 2.75) is 6.92 Å². The molecule has 0 spiro atoms. The van der Waals surface area contributed by atoms with Gasteiger partial charge < -0.3 is 5.21 Å². The van der Waals surface area contributed by atoms with Crippen LogP contribution in [0.15, 0.2) is 42.5 Å². The fourth-order valence-electron chi connectivity index (χ4n) is 1.38. The summed E-state index contributed by atoms with van der Waals surface area (Å²) in [5.41, 5.74) is 1.47. The van der Waals surface area contributed by atoms with Gasteiger partial charge in [-0.2, -0.15) is 0 Å². The molecule has 0 N–H and O–H groups in total. The zero-order chi connectivity index (χ0) is 10.8. The molecule has 2 rings (SSSR count). The maximum Gasteiger partial charge on any atom is 0.299 e. The van der Waals surface area contributed by atoms with Crippen LogP contribution in [0.2, 0.25) is 0 Å². The van der Waals surface area contributed by atoms with Crippen LogP contribution in [0.4, 0.5) is 0 Å². The highest BCUT2D eigenvalue weighted by molar-refractivity contribution is 5.55. The highest BCUT2D eigenvalue weighted by Crippen LogP contribution is 2.13. The molecule has 0 radical (unpaired) electrons. The number of hydrogen-bond acceptors (Lipinski definition) is 2. The zero-order valence-electron chi connectivity index (χ0n) is 8.25. The standard InChI is InChI=1S/C11H10N2O2/c1-9-7-8-11(13(15)12(9)14)10-5-3-2-4-6-10/h2-8H,1H3. The lowest BCUT2D eigenvalue weighted by Crippen LogP contribution is -2.31. The summed E-state index contributed by atoms with van der Waals surface area (Å²) in [5, 5.41) is 11.3. The average molecular weight is 202 g/mol. The molecule has 0 bridgehead atoms. The molecule has 0 saturated carbocycles. The molecule has 1 aromatic heterocycles. The zero-order valence-corrected chi connectivity index (χ0v) is 8.25. The molecule has 0 fully saturated rings. The SMILES string of the molecule is Cc1ccc(-c2ccccc2)[n+](=O)n1[O-]. The number of nitrogens with zero attached hydrogens (tertiary/aromatic N) is 2. The Hall–Kier alpha value is -2.10. The molecule has 1 aromatic carbocycles. The first kappa shape index (κ1) is 9.45. The summed E-state index contributed by atoms with van der Waals surface area (Å²) in [6, 6.07) is 12.4. The normalized spacial score (nSPS) is 10.2. The molecular formula is C11H10N2O2. The Labute approximate surface area is 86.6 Å². The number of rotatable bonds is 1. The van der Waals surface area contributed by atoms with Crippen molar-refractivity contribution in [2.24, 2.45) is 0 Å². The van der Waals surface area contributed by atoms with Crippen molar-refractivity contribution in [2.75, 3.05) is 0 Å². The summed E-state index contributed by atoms with van der Waals surface area (Å²) in [5.74, 6) is 0. The van der Waals surface area contributed by atoms with Crippen molar-refractivity contribution in [3.05, 3.63) is 58.3 Å². The van der Waals surface area contributed by atoms with Crippen LogP contribution < -0.4 is 4.54 Å². The Morgan fingerprint density at radius 2 is 1.80 bits per heavy atom. The van der Waals surface area contributed by atoms with Crippen molar-refractivity contribution in [3.63, 3.8) is 0 Å². The van der Waals surface area contributed by atoms with E-state index in [0.29, 0.717) is 20.8 Å². The van der Waals surface area contributed by atoms with Gasteiger partial charge in [0.25, 0.3) is 5.69 Å². The molecule has 0 unspecified atom stereocenters. The van der Waals surface area contributed by atoms with Gasteiger partial charge in [-0.15, -0.1) is 4.85 Å². The molecule has 4 nitrogen and oxygen atoms in total. The third-order valence-electron chi connectivity index (χ3n) is 2.22. The van der Waals surface area contributed by atoms with E-state index >= 15 is 0 Å². The second-order valence-corrected chi connectivity index (χ2v) is 3.27. The van der Waals surface area contributed by atoms with Gasteiger partial charge in [0.1, 0.15) is 0 Å². The second kappa shape index (κ2) is 3.57. The van der Waals surface area contributed by atoms with Gasteiger partial charge in [-0.1, -0.05) is 18.2 Å². The van der Waals surface area contributed by atoms with E-state index in [-0.39, 0.29) is 0 Å². The van der Waals surface area contributed by atoms with Crippen LogP contribution in [-0.4, -0.2) is 4.85 Å². The van der Waals surface area contributed by atoms with Gasteiger partial charge in [-0.25, -0.2) is 0 Å². The molecule has 0 aliphatic carbocycles. The van der Waals surface area contributed by atoms with E-state index in [1.807, 2.05) is 18.2 Å². The van der Waals surface area contributed by atoms with E-state index < -0.39 is 0 Å². The van der Waals surface area contributed by atoms with Gasteiger partial charge in [0, 0.05) is 6.07 Å². The van der Waals surface area contributed by atoms with Crippen LogP contribution in [0.3, 0.4) is 0 Å². The molecule has 15 heavy (non-hydrogen) atoms. The fraction of sp³-hybridized carbons (Fsp3) is 0.0909. The van der Waals surface area contributed by atoms with E-state index in [4.69, 9.17) is 0 Å². The van der Waals surface area contributed by atoms with Gasteiger partial charge in [-0.05, 0) is 25.1 Å². The smallest absolute Gasteiger partial charge is 0.299 e. The van der Waals surface area contributed by atoms with Crippen LogP contribution in [0.25, 0.3) is 11.3 Å². The number of benzene rings is 1. The van der Waals surface area contributed by atoms with Gasteiger partial charge in [0.05, 0.1) is 16.2 Å². The predicted molar refractivity (Wildman–Crippen MR) is 56.7 cm³/mol. The van der Waals surface area contributed by atoms with Gasteiger partial charge in [0.15, 0.2) is 4.54 Å². The summed E-state index contributed by atoms with van der Waals surface area (Å²) in [4.78, 5) is 11.9. The number of aromatic nitrogens is 2. The lowest BCUT2D eigenvalue weighted by molar-refractivity contribution is -0.577. The highest BCUT2D eigenvalue weighted by atomic mass is 16.5. The molecule has 0 amide bonds. The largest absolute Gasteiger partial charge is 0.755 e. The molecule has 0 aliphatic rings. The van der Waals surface area contributed by atoms with E-state index in [2.05, 4.69) is 0 Å². The Balaban J connectivity index is 2.66. The van der Waals surface area contributed by atoms with Crippen LogP contribution in [-0.2, 0) is 0 Å². The van der Waals surface area contributed by atoms with Crippen molar-refractivity contribution >= 4 is 0 Å². The number of hydrogen-bond donors (Lipinski definition) is 0. The minimum atomic E-state index is 0.336. The van der Waals surface area contributed by atoms with Crippen LogP contribution in [0.5, 0.6) is 0 Å². The monoisotopic (exact) mass is 202 g/mol. The van der Waals surface area contributed by atoms with Crippen molar-refractivity contribution in [1.82, 2.24) is 4.85 Å². The molecule has 4 heteroatoms. The van der Waals surface area contributed by atoms with E-state index in [1.54, 1.807) is 31.2 Å². The Morgan fingerprint density at radius 1 is 1.13 bits per heavy atom. The first-order valence-corrected chi connectivity index (χ1v) is 4.58. The van der Waals surface area contributed by atoms with Crippen molar-refractivity contribution in [1.29, 1.82) is 0 Å². The fourth-order valence-corrected chi connectivity index (χ4v) is 1.38. The van der Waals surface area contributed by atoms with Crippen LogP contribution in [0, 0.1) is 17.0 Å². The molecular weight excluding hydrogens is 192 g/mol. The first-order chi connectivity index (χ1) is 7.20.